The Balaban J connectivity index is 0.940. The lowest BCUT2D eigenvalue weighted by Gasteiger charge is -2.16. The minimum absolute atomic E-state index is 0.242. The zero-order chi connectivity index (χ0) is 28.6. The van der Waals surface area contributed by atoms with Crippen LogP contribution in [-0.2, 0) is 9.47 Å². The van der Waals surface area contributed by atoms with Crippen molar-refractivity contribution in [3.63, 3.8) is 0 Å². The molecule has 2 atom stereocenters. The van der Waals surface area contributed by atoms with Crippen molar-refractivity contribution in [1.82, 2.24) is 0 Å². The Morgan fingerprint density at radius 1 is 0.595 bits per heavy atom. The van der Waals surface area contributed by atoms with E-state index in [4.69, 9.17) is 28.4 Å². The van der Waals surface area contributed by atoms with Crippen LogP contribution in [0.5, 0.6) is 23.0 Å². The van der Waals surface area contributed by atoms with Crippen LogP contribution in [0.25, 0.3) is 0 Å². The summed E-state index contributed by atoms with van der Waals surface area (Å²) in [6, 6.07) is 30.8. The monoisotopic (exact) mass is 564 g/mol. The average molecular weight is 565 g/mol. The van der Waals surface area contributed by atoms with Crippen LogP contribution in [0.1, 0.15) is 18.1 Å². The molecular weight excluding hydrogens is 532 g/mol. The van der Waals surface area contributed by atoms with Crippen molar-refractivity contribution in [1.29, 1.82) is 0 Å². The molecule has 0 saturated carbocycles. The van der Waals surface area contributed by atoms with Gasteiger partial charge in [-0.05, 0) is 108 Å². The first-order valence-corrected chi connectivity index (χ1v) is 14.0. The molecule has 214 valence electrons. The second-order valence-corrected chi connectivity index (χ2v) is 9.98. The molecule has 0 spiro atoms. The first kappa shape index (κ1) is 27.5. The maximum atomic E-state index is 5.94. The summed E-state index contributed by atoms with van der Waals surface area (Å²) in [5.41, 5.74) is 3.63. The van der Waals surface area contributed by atoms with Crippen molar-refractivity contribution in [2.24, 2.45) is 9.98 Å². The molecule has 42 heavy (non-hydrogen) atoms. The summed E-state index contributed by atoms with van der Waals surface area (Å²) in [7, 11) is 0. The van der Waals surface area contributed by atoms with Crippen molar-refractivity contribution in [3.8, 4) is 23.0 Å². The van der Waals surface area contributed by atoms with E-state index in [1.165, 1.54) is 0 Å². The molecule has 2 fully saturated rings. The third-order valence-electron chi connectivity index (χ3n) is 6.44. The van der Waals surface area contributed by atoms with Crippen LogP contribution in [0, 0.1) is 0 Å². The molecule has 8 nitrogen and oxygen atoms in total. The van der Waals surface area contributed by atoms with Gasteiger partial charge < -0.3 is 28.4 Å². The molecule has 4 aromatic rings. The van der Waals surface area contributed by atoms with Gasteiger partial charge in [-0.1, -0.05) is 0 Å². The Hall–Kier alpha value is -4.66. The van der Waals surface area contributed by atoms with Crippen LogP contribution in [0.15, 0.2) is 107 Å². The van der Waals surface area contributed by atoms with Gasteiger partial charge in [-0.2, -0.15) is 0 Å². The summed E-state index contributed by atoms with van der Waals surface area (Å²) in [4.78, 5) is 9.07. The highest BCUT2D eigenvalue weighted by Gasteiger charge is 2.23. The van der Waals surface area contributed by atoms with Crippen molar-refractivity contribution in [2.45, 2.75) is 25.4 Å². The van der Waals surface area contributed by atoms with Crippen molar-refractivity contribution in [2.75, 3.05) is 26.4 Å². The second-order valence-electron chi connectivity index (χ2n) is 9.98. The van der Waals surface area contributed by atoms with Gasteiger partial charge in [0.05, 0.1) is 24.6 Å². The highest BCUT2D eigenvalue weighted by Crippen LogP contribution is 2.22. The van der Waals surface area contributed by atoms with E-state index >= 15 is 0 Å². The van der Waals surface area contributed by atoms with Crippen LogP contribution in [0.3, 0.4) is 0 Å². The largest absolute Gasteiger partial charge is 0.491 e. The molecule has 0 bridgehead atoms. The summed E-state index contributed by atoms with van der Waals surface area (Å²) in [6.45, 7) is 4.61. The molecular formula is C34H32N2O6. The van der Waals surface area contributed by atoms with Crippen LogP contribution in [0.2, 0.25) is 0 Å². The van der Waals surface area contributed by atoms with Crippen LogP contribution in [0.4, 0.5) is 11.4 Å². The van der Waals surface area contributed by atoms with Gasteiger partial charge in [0, 0.05) is 19.4 Å². The van der Waals surface area contributed by atoms with E-state index in [0.29, 0.717) is 24.7 Å². The lowest BCUT2D eigenvalue weighted by atomic mass is 10.2. The molecule has 6 rings (SSSR count). The predicted octanol–water partition coefficient (Wildman–Crippen LogP) is 6.55. The maximum Gasteiger partial charge on any atom is 0.238 e. The molecule has 2 unspecified atom stereocenters. The fraction of sp³-hybridized carbons (Fsp3) is 0.235. The SMILES string of the molecule is CC(Oc1ccc(C=Nc2ccc(OCC3CO3)cc2)cc1)Oc1ccc(C=Nc2ccc(OCC3CO3)cc2)cc1. The highest BCUT2D eigenvalue weighted by atomic mass is 16.7. The average Bonchev–Trinajstić information content (AvgIpc) is 3.95. The lowest BCUT2D eigenvalue weighted by Crippen LogP contribution is -2.19. The Morgan fingerprint density at radius 3 is 1.31 bits per heavy atom. The zero-order valence-electron chi connectivity index (χ0n) is 23.3. The number of aliphatic imine (C=N–C) groups is 2. The van der Waals surface area contributed by atoms with E-state index in [2.05, 4.69) is 9.98 Å². The van der Waals surface area contributed by atoms with E-state index in [1.807, 2.05) is 116 Å². The number of rotatable bonds is 14. The Labute approximate surface area is 245 Å². The van der Waals surface area contributed by atoms with Crippen molar-refractivity contribution in [3.05, 3.63) is 108 Å². The zero-order valence-corrected chi connectivity index (χ0v) is 23.3. The van der Waals surface area contributed by atoms with Gasteiger partial charge in [-0.3, -0.25) is 9.98 Å². The summed E-state index contributed by atoms with van der Waals surface area (Å²) >= 11 is 0. The van der Waals surface area contributed by atoms with Crippen LogP contribution < -0.4 is 18.9 Å². The summed E-state index contributed by atoms with van der Waals surface area (Å²) in [6.07, 6.45) is 3.65. The van der Waals surface area contributed by atoms with Gasteiger partial charge in [-0.15, -0.1) is 0 Å². The van der Waals surface area contributed by atoms with E-state index in [1.54, 1.807) is 0 Å². The normalized spacial score (nSPS) is 18.1. The van der Waals surface area contributed by atoms with Gasteiger partial charge in [0.15, 0.2) is 0 Å². The number of nitrogens with zero attached hydrogens (tertiary/aromatic N) is 2. The first-order chi connectivity index (χ1) is 20.6. The smallest absolute Gasteiger partial charge is 0.238 e. The molecule has 2 aliphatic rings. The quantitative estimate of drug-likeness (QED) is 0.0981. The van der Waals surface area contributed by atoms with Gasteiger partial charge in [0.25, 0.3) is 0 Å². The number of ether oxygens (including phenoxy) is 6. The second kappa shape index (κ2) is 13.3. The third kappa shape index (κ3) is 8.67. The number of benzene rings is 4. The molecule has 0 N–H and O–H groups in total. The van der Waals surface area contributed by atoms with Crippen molar-refractivity contribution < 1.29 is 28.4 Å². The van der Waals surface area contributed by atoms with Crippen LogP contribution in [-0.4, -0.2) is 57.4 Å². The lowest BCUT2D eigenvalue weighted by molar-refractivity contribution is 0.0223. The maximum absolute atomic E-state index is 5.94. The van der Waals surface area contributed by atoms with Gasteiger partial charge in [0.1, 0.15) is 48.4 Å². The third-order valence-corrected chi connectivity index (χ3v) is 6.44. The summed E-state index contributed by atoms with van der Waals surface area (Å²) in [5, 5.41) is 0. The molecule has 4 aromatic carbocycles. The van der Waals surface area contributed by atoms with E-state index in [9.17, 15) is 0 Å². The first-order valence-electron chi connectivity index (χ1n) is 14.0. The number of hydrogen-bond acceptors (Lipinski definition) is 8. The minimum Gasteiger partial charge on any atom is -0.491 e. The predicted molar refractivity (Wildman–Crippen MR) is 161 cm³/mol. The molecule has 0 aromatic heterocycles. The Kier molecular flexibility index (Phi) is 8.73. The number of epoxide rings is 2. The molecule has 2 saturated heterocycles. The molecule has 0 aliphatic carbocycles. The van der Waals surface area contributed by atoms with Crippen molar-refractivity contribution >= 4 is 23.8 Å². The number of hydrogen-bond donors (Lipinski definition) is 0. The topological polar surface area (TPSA) is 86.7 Å². The molecule has 2 aliphatic heterocycles. The van der Waals surface area contributed by atoms with E-state index < -0.39 is 6.29 Å². The summed E-state index contributed by atoms with van der Waals surface area (Å²) in [5.74, 6) is 3.05. The Bertz CT molecular complexity index is 1360. The minimum atomic E-state index is -0.469. The van der Waals surface area contributed by atoms with Crippen LogP contribution >= 0.6 is 0 Å². The van der Waals surface area contributed by atoms with Gasteiger partial charge in [-0.25, -0.2) is 0 Å². The fourth-order valence-corrected chi connectivity index (χ4v) is 3.93. The molecule has 8 heteroatoms. The van der Waals surface area contributed by atoms with Gasteiger partial charge >= 0.3 is 0 Å². The fourth-order valence-electron chi connectivity index (χ4n) is 3.93. The Morgan fingerprint density at radius 2 is 0.952 bits per heavy atom. The van der Waals surface area contributed by atoms with Gasteiger partial charge in [0.2, 0.25) is 6.29 Å². The molecule has 0 amide bonds. The molecule has 2 heterocycles. The highest BCUT2D eigenvalue weighted by molar-refractivity contribution is 5.82. The summed E-state index contributed by atoms with van der Waals surface area (Å²) < 4.78 is 33.5. The van der Waals surface area contributed by atoms with E-state index in [-0.39, 0.29) is 12.2 Å². The van der Waals surface area contributed by atoms with E-state index in [0.717, 1.165) is 47.2 Å². The standard InChI is InChI=1S/C34H32N2O6/c1-24(41-31-10-2-25(3-11-31)18-35-27-6-14-29(15-7-27)37-20-33-22-39-33)42-32-12-4-26(5-13-32)19-36-28-8-16-30(17-9-28)38-21-34-23-40-34/h2-19,24,33-34H,20-23H2,1H3. The molecule has 0 radical (unpaired) electrons.